The molecule has 0 N–H and O–H groups in total. The van der Waals surface area contributed by atoms with Crippen molar-refractivity contribution in [2.45, 2.75) is 59.3 Å². The second-order valence-corrected chi connectivity index (χ2v) is 10.1. The van der Waals surface area contributed by atoms with Crippen LogP contribution in [0.25, 0.3) is 0 Å². The van der Waals surface area contributed by atoms with E-state index in [1.165, 1.54) is 22.9 Å². The fourth-order valence-corrected chi connectivity index (χ4v) is 5.51. The number of hydrogen-bond acceptors (Lipinski definition) is 4. The first-order chi connectivity index (χ1) is 15.0. The normalized spacial score (nSPS) is 21.8. The molecule has 3 aliphatic rings. The zero-order valence-electron chi connectivity index (χ0n) is 18.6. The van der Waals surface area contributed by atoms with Gasteiger partial charge in [0.05, 0.1) is 18.2 Å². The molecule has 8 heteroatoms. The third kappa shape index (κ3) is 3.63. The summed E-state index contributed by atoms with van der Waals surface area (Å²) in [6, 6.07) is 2.64. The van der Waals surface area contributed by atoms with Crippen LogP contribution in [0.4, 0.5) is 18.9 Å². The van der Waals surface area contributed by atoms with Gasteiger partial charge in [-0.15, -0.1) is 0 Å². The van der Waals surface area contributed by atoms with Crippen molar-refractivity contribution in [3.05, 3.63) is 52.1 Å². The van der Waals surface area contributed by atoms with Crippen molar-refractivity contribution in [3.8, 4) is 0 Å². The Bertz CT molecular complexity index is 1100. The monoisotopic (exact) mass is 444 g/mol. The molecule has 1 fully saturated rings. The maximum atomic E-state index is 13.3. The van der Waals surface area contributed by atoms with Gasteiger partial charge in [-0.1, -0.05) is 13.8 Å². The second-order valence-electron chi connectivity index (χ2n) is 10.1. The molecule has 32 heavy (non-hydrogen) atoms. The Morgan fingerprint density at radius 3 is 2.66 bits per heavy atom. The third-order valence-corrected chi connectivity index (χ3v) is 7.06. The summed E-state index contributed by atoms with van der Waals surface area (Å²) in [7, 11) is 0. The summed E-state index contributed by atoms with van der Waals surface area (Å²) in [5.74, 6) is -0.156. The lowest BCUT2D eigenvalue weighted by Crippen LogP contribution is -2.34. The van der Waals surface area contributed by atoms with Crippen LogP contribution in [0.15, 0.2) is 18.3 Å². The SMILES string of the molecule is Cc1nc2c(c3c1CC(C)(C)C3)CN(C(=O)[C@@H]1CCN(c3ccnc(C(F)(F)F)c3)C1)C2. The number of aromatic nitrogens is 2. The van der Waals surface area contributed by atoms with Gasteiger partial charge in [-0.05, 0) is 60.4 Å². The van der Waals surface area contributed by atoms with Gasteiger partial charge >= 0.3 is 6.18 Å². The number of fused-ring (bicyclic) bond motifs is 3. The Balaban J connectivity index is 1.30. The van der Waals surface area contributed by atoms with E-state index in [1.54, 1.807) is 6.07 Å². The van der Waals surface area contributed by atoms with Crippen LogP contribution in [-0.2, 0) is 36.9 Å². The van der Waals surface area contributed by atoms with E-state index in [-0.39, 0.29) is 17.2 Å². The lowest BCUT2D eigenvalue weighted by Gasteiger charge is -2.22. The van der Waals surface area contributed by atoms with Crippen LogP contribution in [0.1, 0.15) is 54.0 Å². The highest BCUT2D eigenvalue weighted by Gasteiger charge is 2.39. The number of anilines is 1. The molecule has 1 aliphatic carbocycles. The number of aryl methyl sites for hydroxylation is 1. The summed E-state index contributed by atoms with van der Waals surface area (Å²) in [4.78, 5) is 25.3. The molecule has 5 nitrogen and oxygen atoms in total. The molecule has 0 spiro atoms. The van der Waals surface area contributed by atoms with Crippen molar-refractivity contribution in [2.24, 2.45) is 11.3 Å². The third-order valence-electron chi connectivity index (χ3n) is 7.06. The molecule has 0 unspecified atom stereocenters. The molecule has 2 aromatic heterocycles. The van der Waals surface area contributed by atoms with Gasteiger partial charge < -0.3 is 9.80 Å². The number of alkyl halides is 3. The van der Waals surface area contributed by atoms with E-state index in [2.05, 4.69) is 25.8 Å². The summed E-state index contributed by atoms with van der Waals surface area (Å²) in [6.45, 7) is 8.69. The standard InChI is InChI=1S/C24H27F3N4O/c1-14-17-9-23(2,3)10-18(17)19-12-31(13-20(19)29-14)22(32)15-5-7-30(11-15)16-4-6-28-21(8-16)24(25,26)27/h4,6,8,15H,5,7,9-13H2,1-3H3/t15-/m1/s1. The Hall–Kier alpha value is -2.64. The zero-order valence-corrected chi connectivity index (χ0v) is 18.6. The Kier molecular flexibility index (Phi) is 4.76. The number of hydrogen-bond donors (Lipinski definition) is 0. The van der Waals surface area contributed by atoms with E-state index in [4.69, 9.17) is 4.98 Å². The summed E-state index contributed by atoms with van der Waals surface area (Å²) < 4.78 is 39.1. The Morgan fingerprint density at radius 1 is 1.16 bits per heavy atom. The molecule has 1 saturated heterocycles. The van der Waals surface area contributed by atoms with Crippen LogP contribution in [-0.4, -0.2) is 33.9 Å². The maximum Gasteiger partial charge on any atom is 0.433 e. The van der Waals surface area contributed by atoms with Gasteiger partial charge in [-0.2, -0.15) is 13.2 Å². The van der Waals surface area contributed by atoms with Crippen LogP contribution in [0.5, 0.6) is 0 Å². The van der Waals surface area contributed by atoms with Crippen LogP contribution in [0.2, 0.25) is 0 Å². The van der Waals surface area contributed by atoms with Crippen LogP contribution in [0.3, 0.4) is 0 Å². The molecule has 170 valence electrons. The first kappa shape index (κ1) is 21.2. The largest absolute Gasteiger partial charge is 0.433 e. The second kappa shape index (κ2) is 7.18. The van der Waals surface area contributed by atoms with Crippen molar-refractivity contribution in [1.82, 2.24) is 14.9 Å². The van der Waals surface area contributed by atoms with Gasteiger partial charge in [0.1, 0.15) is 5.69 Å². The molecule has 4 heterocycles. The number of rotatable bonds is 2. The van der Waals surface area contributed by atoms with Crippen molar-refractivity contribution < 1.29 is 18.0 Å². The molecule has 0 saturated carbocycles. The van der Waals surface area contributed by atoms with Crippen molar-refractivity contribution >= 4 is 11.6 Å². The molecule has 0 bridgehead atoms. The molecule has 1 atom stereocenters. The average molecular weight is 445 g/mol. The van der Waals surface area contributed by atoms with E-state index in [0.717, 1.165) is 30.3 Å². The molecule has 0 aromatic carbocycles. The number of pyridine rings is 2. The maximum absolute atomic E-state index is 13.3. The minimum atomic E-state index is -4.48. The van der Waals surface area contributed by atoms with Crippen molar-refractivity contribution in [2.75, 3.05) is 18.0 Å². The topological polar surface area (TPSA) is 49.3 Å². The molecule has 2 aliphatic heterocycles. The quantitative estimate of drug-likeness (QED) is 0.693. The minimum absolute atomic E-state index is 0.0688. The minimum Gasteiger partial charge on any atom is -0.371 e. The highest BCUT2D eigenvalue weighted by atomic mass is 19.4. The van der Waals surface area contributed by atoms with Crippen LogP contribution in [0, 0.1) is 18.3 Å². The first-order valence-corrected chi connectivity index (χ1v) is 11.1. The lowest BCUT2D eigenvalue weighted by atomic mass is 9.90. The van der Waals surface area contributed by atoms with Gasteiger partial charge in [0.15, 0.2) is 0 Å². The van der Waals surface area contributed by atoms with E-state index in [9.17, 15) is 18.0 Å². The van der Waals surface area contributed by atoms with E-state index < -0.39 is 11.9 Å². The molecular weight excluding hydrogens is 417 g/mol. The fraction of sp³-hybridized carbons (Fsp3) is 0.542. The number of carbonyl (C=O) groups is 1. The van der Waals surface area contributed by atoms with Crippen molar-refractivity contribution in [3.63, 3.8) is 0 Å². The fourth-order valence-electron chi connectivity index (χ4n) is 5.51. The predicted molar refractivity (Wildman–Crippen MR) is 114 cm³/mol. The molecule has 1 amide bonds. The average Bonchev–Trinajstić information content (AvgIpc) is 3.43. The van der Waals surface area contributed by atoms with Gasteiger partial charge in [0.25, 0.3) is 0 Å². The van der Waals surface area contributed by atoms with Gasteiger partial charge in [-0.3, -0.25) is 14.8 Å². The summed E-state index contributed by atoms with van der Waals surface area (Å²) in [5.41, 5.74) is 5.78. The number of nitrogens with zero attached hydrogens (tertiary/aromatic N) is 4. The Morgan fingerprint density at radius 2 is 1.91 bits per heavy atom. The van der Waals surface area contributed by atoms with E-state index in [0.29, 0.717) is 38.3 Å². The number of carbonyl (C=O) groups excluding carboxylic acids is 1. The van der Waals surface area contributed by atoms with Crippen molar-refractivity contribution in [1.29, 1.82) is 0 Å². The summed E-state index contributed by atoms with van der Waals surface area (Å²) in [5, 5.41) is 0. The van der Waals surface area contributed by atoms with Gasteiger partial charge in [0.2, 0.25) is 5.91 Å². The summed E-state index contributed by atoms with van der Waals surface area (Å²) in [6.07, 6.45) is -0.637. The Labute approximate surface area is 185 Å². The summed E-state index contributed by atoms with van der Waals surface area (Å²) >= 11 is 0. The van der Waals surface area contributed by atoms with E-state index >= 15 is 0 Å². The van der Waals surface area contributed by atoms with Gasteiger partial charge in [-0.25, -0.2) is 0 Å². The first-order valence-electron chi connectivity index (χ1n) is 11.1. The highest BCUT2D eigenvalue weighted by molar-refractivity contribution is 5.81. The van der Waals surface area contributed by atoms with Gasteiger partial charge in [0, 0.05) is 37.2 Å². The zero-order chi connectivity index (χ0) is 22.8. The molecule has 2 aromatic rings. The van der Waals surface area contributed by atoms with Crippen LogP contribution >= 0.6 is 0 Å². The number of halogens is 3. The van der Waals surface area contributed by atoms with Crippen LogP contribution < -0.4 is 4.90 Å². The number of amides is 1. The molecule has 0 radical (unpaired) electrons. The smallest absolute Gasteiger partial charge is 0.371 e. The lowest BCUT2D eigenvalue weighted by molar-refractivity contribution is -0.141. The molecular formula is C24H27F3N4O. The van der Waals surface area contributed by atoms with E-state index in [1.807, 2.05) is 9.80 Å². The predicted octanol–water partition coefficient (Wildman–Crippen LogP) is 4.30. The molecule has 5 rings (SSSR count). The highest BCUT2D eigenvalue weighted by Crippen LogP contribution is 2.42.